The SMILES string of the molecule is Brc1ccc(COc2nc(OCc3ccc(Br)cc3)nc(-c3ccccc3)n2)cc1. The Morgan fingerprint density at radius 2 is 1.03 bits per heavy atom. The number of aromatic nitrogens is 3. The largest absolute Gasteiger partial charge is 0.458 e. The van der Waals surface area contributed by atoms with Crippen LogP contribution in [0.15, 0.2) is 87.8 Å². The number of benzene rings is 3. The van der Waals surface area contributed by atoms with Gasteiger partial charge < -0.3 is 9.47 Å². The highest BCUT2D eigenvalue weighted by atomic mass is 79.9. The maximum atomic E-state index is 5.84. The highest BCUT2D eigenvalue weighted by Crippen LogP contribution is 2.21. The van der Waals surface area contributed by atoms with Crippen molar-refractivity contribution in [2.45, 2.75) is 13.2 Å². The molecule has 0 fully saturated rings. The van der Waals surface area contributed by atoms with E-state index in [9.17, 15) is 0 Å². The third-order valence-corrected chi connectivity index (χ3v) is 5.25. The van der Waals surface area contributed by atoms with Gasteiger partial charge in [-0.3, -0.25) is 0 Å². The Balaban J connectivity index is 1.55. The molecule has 0 aliphatic rings. The van der Waals surface area contributed by atoms with Gasteiger partial charge in [-0.1, -0.05) is 86.5 Å². The fourth-order valence-electron chi connectivity index (χ4n) is 2.64. The maximum Gasteiger partial charge on any atom is 0.323 e. The first kappa shape index (κ1) is 20.5. The lowest BCUT2D eigenvalue weighted by Crippen LogP contribution is -2.06. The van der Waals surface area contributed by atoms with Crippen molar-refractivity contribution in [2.24, 2.45) is 0 Å². The predicted molar refractivity (Wildman–Crippen MR) is 122 cm³/mol. The van der Waals surface area contributed by atoms with Crippen molar-refractivity contribution in [3.63, 3.8) is 0 Å². The molecule has 150 valence electrons. The van der Waals surface area contributed by atoms with Gasteiger partial charge in [-0.2, -0.15) is 9.97 Å². The summed E-state index contributed by atoms with van der Waals surface area (Å²) in [6.07, 6.45) is 0. The van der Waals surface area contributed by atoms with E-state index < -0.39 is 0 Å². The first-order chi connectivity index (χ1) is 14.7. The number of ether oxygens (including phenoxy) is 2. The molecule has 0 N–H and O–H groups in total. The van der Waals surface area contributed by atoms with Gasteiger partial charge in [0.15, 0.2) is 5.82 Å². The molecule has 7 heteroatoms. The van der Waals surface area contributed by atoms with Gasteiger partial charge in [-0.05, 0) is 35.4 Å². The minimum atomic E-state index is 0.220. The Kier molecular flexibility index (Phi) is 6.71. The standard InChI is InChI=1S/C23H17Br2N3O2/c24-19-10-6-16(7-11-19)14-29-22-26-21(18-4-2-1-3-5-18)27-23(28-22)30-15-17-8-12-20(25)13-9-17/h1-13H,14-15H2. The van der Waals surface area contributed by atoms with E-state index in [0.29, 0.717) is 19.0 Å². The monoisotopic (exact) mass is 525 g/mol. The van der Waals surface area contributed by atoms with Gasteiger partial charge >= 0.3 is 12.0 Å². The zero-order valence-electron chi connectivity index (χ0n) is 15.8. The van der Waals surface area contributed by atoms with Crippen LogP contribution in [-0.2, 0) is 13.2 Å². The van der Waals surface area contributed by atoms with Crippen LogP contribution in [0.1, 0.15) is 11.1 Å². The minimum Gasteiger partial charge on any atom is -0.458 e. The van der Waals surface area contributed by atoms with Crippen molar-refractivity contribution < 1.29 is 9.47 Å². The van der Waals surface area contributed by atoms with Crippen LogP contribution in [0.4, 0.5) is 0 Å². The van der Waals surface area contributed by atoms with Crippen molar-refractivity contribution in [1.82, 2.24) is 15.0 Å². The molecular formula is C23H17Br2N3O2. The normalized spacial score (nSPS) is 10.6. The molecule has 0 unspecified atom stereocenters. The van der Waals surface area contributed by atoms with Crippen LogP contribution in [0.2, 0.25) is 0 Å². The highest BCUT2D eigenvalue weighted by Gasteiger charge is 2.11. The van der Waals surface area contributed by atoms with Crippen molar-refractivity contribution in [2.75, 3.05) is 0 Å². The molecule has 4 aromatic rings. The summed E-state index contributed by atoms with van der Waals surface area (Å²) >= 11 is 6.87. The zero-order chi connectivity index (χ0) is 20.8. The average Bonchev–Trinajstić information content (AvgIpc) is 2.79. The van der Waals surface area contributed by atoms with Crippen LogP contribution in [0, 0.1) is 0 Å². The molecule has 1 aromatic heterocycles. The van der Waals surface area contributed by atoms with E-state index in [1.54, 1.807) is 0 Å². The molecule has 0 atom stereocenters. The molecule has 30 heavy (non-hydrogen) atoms. The summed E-state index contributed by atoms with van der Waals surface area (Å²) in [5, 5.41) is 0. The third-order valence-electron chi connectivity index (χ3n) is 4.19. The molecular weight excluding hydrogens is 510 g/mol. The lowest BCUT2D eigenvalue weighted by molar-refractivity contribution is 0.250. The molecule has 5 nitrogen and oxygen atoms in total. The molecule has 0 saturated carbocycles. The number of rotatable bonds is 7. The van der Waals surface area contributed by atoms with E-state index in [1.165, 1.54) is 0 Å². The van der Waals surface area contributed by atoms with Gasteiger partial charge in [0.1, 0.15) is 13.2 Å². The molecule has 0 saturated heterocycles. The molecule has 0 bridgehead atoms. The van der Waals surface area contributed by atoms with Crippen molar-refractivity contribution in [3.05, 3.63) is 98.9 Å². The summed E-state index contributed by atoms with van der Waals surface area (Å²) in [7, 11) is 0. The number of halogens is 2. The quantitative estimate of drug-likeness (QED) is 0.286. The van der Waals surface area contributed by atoms with Gasteiger partial charge in [0, 0.05) is 14.5 Å². The Bertz CT molecular complexity index is 1040. The molecule has 3 aromatic carbocycles. The van der Waals surface area contributed by atoms with Crippen LogP contribution >= 0.6 is 31.9 Å². The van der Waals surface area contributed by atoms with Gasteiger partial charge in [0.2, 0.25) is 0 Å². The van der Waals surface area contributed by atoms with Gasteiger partial charge in [-0.25, -0.2) is 0 Å². The number of hydrogen-bond acceptors (Lipinski definition) is 5. The third kappa shape index (κ3) is 5.64. The summed E-state index contributed by atoms with van der Waals surface area (Å²) in [6, 6.07) is 25.9. The average molecular weight is 527 g/mol. The van der Waals surface area contributed by atoms with Crippen LogP contribution in [0.3, 0.4) is 0 Å². The summed E-state index contributed by atoms with van der Waals surface area (Å²) in [6.45, 7) is 0.690. The van der Waals surface area contributed by atoms with Crippen molar-refractivity contribution in [1.29, 1.82) is 0 Å². The van der Waals surface area contributed by atoms with Crippen LogP contribution in [0.5, 0.6) is 12.0 Å². The Morgan fingerprint density at radius 3 is 1.50 bits per heavy atom. The maximum absolute atomic E-state index is 5.84. The van der Waals surface area contributed by atoms with E-state index in [0.717, 1.165) is 25.6 Å². The molecule has 1 heterocycles. The van der Waals surface area contributed by atoms with Crippen LogP contribution < -0.4 is 9.47 Å². The summed E-state index contributed by atoms with van der Waals surface area (Å²) in [5.41, 5.74) is 2.89. The molecule has 0 radical (unpaired) electrons. The number of hydrogen-bond donors (Lipinski definition) is 0. The lowest BCUT2D eigenvalue weighted by atomic mass is 10.2. The second kappa shape index (κ2) is 9.82. The van der Waals surface area contributed by atoms with Crippen molar-refractivity contribution in [3.8, 4) is 23.4 Å². The van der Waals surface area contributed by atoms with Crippen molar-refractivity contribution >= 4 is 31.9 Å². The highest BCUT2D eigenvalue weighted by molar-refractivity contribution is 9.10. The van der Waals surface area contributed by atoms with E-state index in [-0.39, 0.29) is 12.0 Å². The first-order valence-electron chi connectivity index (χ1n) is 9.22. The second-order valence-corrected chi connectivity index (χ2v) is 8.25. The fraction of sp³-hybridized carbons (Fsp3) is 0.0870. The Hall–Kier alpha value is -2.77. The predicted octanol–water partition coefficient (Wildman–Crippen LogP) is 6.22. The smallest absolute Gasteiger partial charge is 0.323 e. The molecule has 0 aliphatic heterocycles. The summed E-state index contributed by atoms with van der Waals surface area (Å²) < 4.78 is 13.7. The van der Waals surface area contributed by atoms with Gasteiger partial charge in [-0.15, -0.1) is 4.98 Å². The lowest BCUT2D eigenvalue weighted by Gasteiger charge is -2.10. The first-order valence-corrected chi connectivity index (χ1v) is 10.8. The minimum absolute atomic E-state index is 0.220. The Labute approximate surface area is 191 Å². The van der Waals surface area contributed by atoms with Gasteiger partial charge in [0.25, 0.3) is 0 Å². The topological polar surface area (TPSA) is 57.1 Å². The van der Waals surface area contributed by atoms with Crippen LogP contribution in [0.25, 0.3) is 11.4 Å². The fourth-order valence-corrected chi connectivity index (χ4v) is 3.17. The Morgan fingerprint density at radius 1 is 0.567 bits per heavy atom. The van der Waals surface area contributed by atoms with E-state index >= 15 is 0 Å². The van der Waals surface area contributed by atoms with E-state index in [4.69, 9.17) is 9.47 Å². The molecule has 0 aliphatic carbocycles. The second-order valence-electron chi connectivity index (χ2n) is 6.42. The van der Waals surface area contributed by atoms with E-state index in [1.807, 2.05) is 78.9 Å². The molecule has 4 rings (SSSR count). The zero-order valence-corrected chi connectivity index (χ0v) is 19.0. The van der Waals surface area contributed by atoms with Gasteiger partial charge in [0.05, 0.1) is 0 Å². The summed E-state index contributed by atoms with van der Waals surface area (Å²) in [4.78, 5) is 13.3. The van der Waals surface area contributed by atoms with Crippen LogP contribution in [-0.4, -0.2) is 15.0 Å². The van der Waals surface area contributed by atoms with E-state index in [2.05, 4.69) is 46.8 Å². The summed E-state index contributed by atoms with van der Waals surface area (Å²) in [5.74, 6) is 0.502. The molecule has 0 spiro atoms. The number of nitrogens with zero attached hydrogens (tertiary/aromatic N) is 3. The molecule has 0 amide bonds.